The zero-order valence-corrected chi connectivity index (χ0v) is 27.0. The van der Waals surface area contributed by atoms with Gasteiger partial charge in [-0.1, -0.05) is 29.3 Å². The first-order chi connectivity index (χ1) is 19.6. The van der Waals surface area contributed by atoms with Crippen molar-refractivity contribution in [3.63, 3.8) is 0 Å². The molecule has 4 aromatic rings. The molecule has 42 heavy (non-hydrogen) atoms. The molecule has 0 aliphatic rings. The number of ether oxygens (including phenoxy) is 3. The van der Waals surface area contributed by atoms with E-state index in [0.29, 0.717) is 39.2 Å². The number of carbonyl (C=O) groups excluding carboxylic acids is 2. The molecule has 0 spiro atoms. The highest BCUT2D eigenvalue weighted by Gasteiger charge is 2.20. The second kappa shape index (κ2) is 14.6. The number of amides is 2. The number of nitrogens with one attached hydrogen (secondary N) is 1. The molecule has 0 unspecified atom stereocenters. The normalized spacial score (nSPS) is 10.8. The number of benzene rings is 2. The van der Waals surface area contributed by atoms with Gasteiger partial charge in [0, 0.05) is 29.9 Å². The van der Waals surface area contributed by atoms with E-state index in [2.05, 4.69) is 26.2 Å². The summed E-state index contributed by atoms with van der Waals surface area (Å²) in [5.74, 6) is 0.853. The number of likely N-dealkylation sites (N-methyl/N-ethyl adjacent to an activating group) is 1. The van der Waals surface area contributed by atoms with E-state index in [0.717, 1.165) is 15.9 Å². The van der Waals surface area contributed by atoms with Crippen molar-refractivity contribution >= 4 is 80.8 Å². The summed E-state index contributed by atoms with van der Waals surface area (Å²) >= 11 is 16.7. The fourth-order valence-electron chi connectivity index (χ4n) is 3.97. The highest BCUT2D eigenvalue weighted by atomic mass is 79.9. The number of fused-ring (bicyclic) bond motifs is 1. The third kappa shape index (κ3) is 7.30. The molecule has 1 N–H and O–H groups in total. The number of methoxy groups -OCH3 is 2. The Hall–Kier alpha value is -3.44. The number of pyridine rings is 1. The highest BCUT2D eigenvalue weighted by molar-refractivity contribution is 9.10. The van der Waals surface area contributed by atoms with Crippen molar-refractivity contribution in [2.75, 3.05) is 32.7 Å². The van der Waals surface area contributed by atoms with Crippen molar-refractivity contribution in [3.05, 3.63) is 86.2 Å². The number of anilines is 1. The van der Waals surface area contributed by atoms with Crippen LogP contribution in [0.5, 0.6) is 17.2 Å². The van der Waals surface area contributed by atoms with Crippen LogP contribution in [-0.4, -0.2) is 49.0 Å². The van der Waals surface area contributed by atoms with Crippen molar-refractivity contribution in [2.24, 2.45) is 0 Å². The SMILES string of the molecule is COc1ccc(C=CC(=O)NCC(=O)N(C)c2ccc(Cl)c(COc3cccn4c(Br)c(C)nc34)c2Cl)cc1OC.Cl. The Morgan fingerprint density at radius 1 is 1.10 bits per heavy atom. The van der Waals surface area contributed by atoms with Crippen molar-refractivity contribution in [3.8, 4) is 17.2 Å². The minimum atomic E-state index is -0.437. The molecule has 0 radical (unpaired) electrons. The number of rotatable bonds is 10. The number of imidazole rings is 1. The second-order valence-electron chi connectivity index (χ2n) is 8.82. The zero-order chi connectivity index (χ0) is 29.7. The van der Waals surface area contributed by atoms with Crippen LogP contribution in [0.25, 0.3) is 11.7 Å². The van der Waals surface area contributed by atoms with Gasteiger partial charge in [0.25, 0.3) is 0 Å². The van der Waals surface area contributed by atoms with Crippen LogP contribution >= 0.6 is 51.5 Å². The average Bonchev–Trinajstić information content (AvgIpc) is 3.27. The zero-order valence-electron chi connectivity index (χ0n) is 23.1. The monoisotopic (exact) mass is 696 g/mol. The molecule has 2 amide bonds. The summed E-state index contributed by atoms with van der Waals surface area (Å²) < 4.78 is 19.2. The number of aromatic nitrogens is 2. The van der Waals surface area contributed by atoms with Gasteiger partial charge in [0.05, 0.1) is 37.2 Å². The van der Waals surface area contributed by atoms with Crippen LogP contribution < -0.4 is 24.4 Å². The summed E-state index contributed by atoms with van der Waals surface area (Å²) in [7, 11) is 4.65. The van der Waals surface area contributed by atoms with Gasteiger partial charge in [0.15, 0.2) is 22.9 Å². The Morgan fingerprint density at radius 2 is 1.83 bits per heavy atom. The van der Waals surface area contributed by atoms with Gasteiger partial charge in [-0.25, -0.2) is 4.98 Å². The van der Waals surface area contributed by atoms with Gasteiger partial charge in [-0.15, -0.1) is 12.4 Å². The molecule has 222 valence electrons. The molecular formula is C29H28BrCl3N4O5. The smallest absolute Gasteiger partial charge is 0.246 e. The van der Waals surface area contributed by atoms with Crippen molar-refractivity contribution in [1.29, 1.82) is 0 Å². The van der Waals surface area contributed by atoms with Crippen LogP contribution in [0.4, 0.5) is 5.69 Å². The standard InChI is InChI=1S/C29H27BrCl2N4O5.ClH/c1-17-28(30)36-13-5-6-23(29(36)34-17)41-16-19-20(31)9-10-21(27(19)32)35(2)26(38)15-33-25(37)12-8-18-7-11-22(39-3)24(14-18)40-4;/h5-14H,15-16H2,1-4H3,(H,33,37);1H. The number of halogens is 4. The second-order valence-corrected chi connectivity index (χ2v) is 10.4. The van der Waals surface area contributed by atoms with Crippen LogP contribution in [0, 0.1) is 6.92 Å². The summed E-state index contributed by atoms with van der Waals surface area (Å²) in [6, 6.07) is 12.2. The molecule has 0 bridgehead atoms. The number of aryl methyl sites for hydroxylation is 1. The van der Waals surface area contributed by atoms with E-state index >= 15 is 0 Å². The summed E-state index contributed by atoms with van der Waals surface area (Å²) in [6.07, 6.45) is 4.82. The number of carbonyl (C=O) groups is 2. The number of hydrogen-bond acceptors (Lipinski definition) is 6. The average molecular weight is 699 g/mol. The predicted octanol–water partition coefficient (Wildman–Crippen LogP) is 6.52. The lowest BCUT2D eigenvalue weighted by Gasteiger charge is -2.21. The fourth-order valence-corrected chi connectivity index (χ4v) is 4.95. The molecule has 0 aliphatic heterocycles. The van der Waals surface area contributed by atoms with Crippen LogP contribution in [0.3, 0.4) is 0 Å². The van der Waals surface area contributed by atoms with E-state index in [-0.39, 0.29) is 36.5 Å². The summed E-state index contributed by atoms with van der Waals surface area (Å²) in [4.78, 5) is 31.2. The molecule has 0 saturated carbocycles. The molecule has 2 heterocycles. The van der Waals surface area contributed by atoms with Gasteiger partial charge in [0.2, 0.25) is 11.8 Å². The van der Waals surface area contributed by atoms with Gasteiger partial charge in [-0.05, 0) is 70.9 Å². The summed E-state index contributed by atoms with van der Waals surface area (Å²) in [6.45, 7) is 1.70. The van der Waals surface area contributed by atoms with E-state index in [4.69, 9.17) is 37.4 Å². The first kappa shape index (κ1) is 33.1. The summed E-state index contributed by atoms with van der Waals surface area (Å²) in [5, 5.41) is 3.24. The molecular weight excluding hydrogens is 671 g/mol. The van der Waals surface area contributed by atoms with E-state index in [1.54, 1.807) is 56.6 Å². The van der Waals surface area contributed by atoms with E-state index in [1.807, 2.05) is 23.6 Å². The lowest BCUT2D eigenvalue weighted by Crippen LogP contribution is -2.37. The van der Waals surface area contributed by atoms with E-state index in [1.165, 1.54) is 18.1 Å². The molecule has 0 fully saturated rings. The van der Waals surface area contributed by atoms with E-state index < -0.39 is 5.91 Å². The molecule has 4 rings (SSSR count). The molecule has 2 aromatic heterocycles. The lowest BCUT2D eigenvalue weighted by molar-refractivity contribution is -0.122. The predicted molar refractivity (Wildman–Crippen MR) is 171 cm³/mol. The highest BCUT2D eigenvalue weighted by Crippen LogP contribution is 2.35. The Morgan fingerprint density at radius 3 is 2.55 bits per heavy atom. The minimum Gasteiger partial charge on any atom is -0.493 e. The van der Waals surface area contributed by atoms with Gasteiger partial charge in [0.1, 0.15) is 11.2 Å². The Bertz CT molecular complexity index is 1640. The summed E-state index contributed by atoms with van der Waals surface area (Å²) in [5.41, 5.74) is 3.13. The maximum atomic E-state index is 12.9. The third-order valence-corrected chi connectivity index (χ3v) is 7.97. The quantitative estimate of drug-likeness (QED) is 0.190. The third-order valence-electron chi connectivity index (χ3n) is 6.24. The lowest BCUT2D eigenvalue weighted by atomic mass is 10.2. The van der Waals surface area contributed by atoms with Crippen molar-refractivity contribution in [2.45, 2.75) is 13.5 Å². The van der Waals surface area contributed by atoms with Gasteiger partial charge >= 0.3 is 0 Å². The largest absolute Gasteiger partial charge is 0.493 e. The maximum absolute atomic E-state index is 12.9. The molecule has 0 aliphatic carbocycles. The molecule has 2 aromatic carbocycles. The van der Waals surface area contributed by atoms with E-state index in [9.17, 15) is 9.59 Å². The van der Waals surface area contributed by atoms with Gasteiger partial charge < -0.3 is 24.4 Å². The molecule has 0 saturated heterocycles. The van der Waals surface area contributed by atoms with Crippen molar-refractivity contribution < 1.29 is 23.8 Å². The topological polar surface area (TPSA) is 94.4 Å². The van der Waals surface area contributed by atoms with Crippen LogP contribution in [0.2, 0.25) is 10.0 Å². The van der Waals surface area contributed by atoms with Crippen molar-refractivity contribution in [1.82, 2.24) is 14.7 Å². The minimum absolute atomic E-state index is 0. The molecule has 13 heteroatoms. The maximum Gasteiger partial charge on any atom is 0.246 e. The number of nitrogens with zero attached hydrogens (tertiary/aromatic N) is 3. The Kier molecular flexibility index (Phi) is 11.5. The number of hydrogen-bond donors (Lipinski definition) is 1. The van der Waals surface area contributed by atoms with Crippen LogP contribution in [0.1, 0.15) is 16.8 Å². The van der Waals surface area contributed by atoms with Crippen LogP contribution in [0.15, 0.2) is 59.3 Å². The molecule has 0 atom stereocenters. The Labute approximate surface area is 267 Å². The first-order valence-electron chi connectivity index (χ1n) is 12.3. The van der Waals surface area contributed by atoms with Gasteiger partial charge in [-0.2, -0.15) is 0 Å². The van der Waals surface area contributed by atoms with Crippen LogP contribution in [-0.2, 0) is 16.2 Å². The van der Waals surface area contributed by atoms with Gasteiger partial charge in [-0.3, -0.25) is 14.0 Å². The molecule has 9 nitrogen and oxygen atoms in total. The Balaban J connectivity index is 0.00000484. The first-order valence-corrected chi connectivity index (χ1v) is 13.9. The fraction of sp³-hybridized carbons (Fsp3) is 0.207.